The van der Waals surface area contributed by atoms with Gasteiger partial charge in [0.2, 0.25) is 5.91 Å². The first kappa shape index (κ1) is 23.8. The van der Waals surface area contributed by atoms with Crippen LogP contribution in [0.1, 0.15) is 43.2 Å². The number of para-hydroxylation sites is 1. The van der Waals surface area contributed by atoms with Gasteiger partial charge in [-0.1, -0.05) is 18.2 Å². The molecule has 188 valence electrons. The lowest BCUT2D eigenvalue weighted by atomic mass is 9.96. The Kier molecular flexibility index (Phi) is 6.63. The van der Waals surface area contributed by atoms with Crippen LogP contribution in [0.15, 0.2) is 42.5 Å². The van der Waals surface area contributed by atoms with Crippen LogP contribution in [0.25, 0.3) is 0 Å². The lowest BCUT2D eigenvalue weighted by Gasteiger charge is -2.31. The molecule has 1 fully saturated rings. The highest BCUT2D eigenvalue weighted by Gasteiger charge is 2.38. The van der Waals surface area contributed by atoms with Gasteiger partial charge in [-0.05, 0) is 73.9 Å². The normalized spacial score (nSPS) is 19.0. The molecule has 2 aromatic carbocycles. The number of benzene rings is 2. The number of carbonyl (C=O) groups is 4. The third kappa shape index (κ3) is 4.78. The summed E-state index contributed by atoms with van der Waals surface area (Å²) in [4.78, 5) is 53.4. The highest BCUT2D eigenvalue weighted by Crippen LogP contribution is 2.44. The summed E-state index contributed by atoms with van der Waals surface area (Å²) in [7, 11) is 0. The summed E-state index contributed by atoms with van der Waals surface area (Å²) in [6.07, 6.45) is 2.76. The fourth-order valence-electron chi connectivity index (χ4n) is 5.25. The van der Waals surface area contributed by atoms with E-state index in [4.69, 9.17) is 4.74 Å². The second-order valence-electron chi connectivity index (χ2n) is 9.66. The summed E-state index contributed by atoms with van der Waals surface area (Å²) in [6, 6.07) is 12.6. The number of rotatable bonds is 4. The topological polar surface area (TPSA) is 108 Å². The van der Waals surface area contributed by atoms with Crippen LogP contribution in [0.3, 0.4) is 0 Å². The number of ether oxygens (including phenoxy) is 1. The van der Waals surface area contributed by atoms with Crippen molar-refractivity contribution in [3.8, 4) is 5.75 Å². The van der Waals surface area contributed by atoms with Gasteiger partial charge in [-0.15, -0.1) is 0 Å². The predicted octanol–water partition coefficient (Wildman–Crippen LogP) is 3.05. The maximum absolute atomic E-state index is 12.6. The summed E-state index contributed by atoms with van der Waals surface area (Å²) in [5.41, 5.74) is 3.45. The lowest BCUT2D eigenvalue weighted by molar-refractivity contribution is -0.136. The molecule has 3 heterocycles. The molecule has 3 aliphatic heterocycles. The van der Waals surface area contributed by atoms with E-state index in [0.717, 1.165) is 36.2 Å². The zero-order chi connectivity index (χ0) is 25.2. The van der Waals surface area contributed by atoms with Gasteiger partial charge in [0.1, 0.15) is 5.75 Å². The van der Waals surface area contributed by atoms with Crippen molar-refractivity contribution in [1.82, 2.24) is 10.2 Å². The predicted molar refractivity (Wildman–Crippen MR) is 134 cm³/mol. The molecular formula is C27H30N4O5. The monoisotopic (exact) mass is 490 g/mol. The van der Waals surface area contributed by atoms with Crippen molar-refractivity contribution in [3.63, 3.8) is 0 Å². The molecule has 1 saturated heterocycles. The Hall–Kier alpha value is -3.88. The molecule has 2 aromatic rings. The van der Waals surface area contributed by atoms with Crippen LogP contribution in [-0.4, -0.2) is 54.9 Å². The van der Waals surface area contributed by atoms with Crippen molar-refractivity contribution in [1.29, 1.82) is 0 Å². The molecule has 9 nitrogen and oxygen atoms in total. The van der Waals surface area contributed by atoms with Crippen LogP contribution >= 0.6 is 0 Å². The van der Waals surface area contributed by atoms with E-state index in [2.05, 4.69) is 10.6 Å². The van der Waals surface area contributed by atoms with Crippen LogP contribution in [0.5, 0.6) is 5.75 Å². The molecule has 3 aliphatic rings. The first-order valence-electron chi connectivity index (χ1n) is 12.5. The van der Waals surface area contributed by atoms with E-state index >= 15 is 0 Å². The highest BCUT2D eigenvalue weighted by molar-refractivity contribution is 6.39. The van der Waals surface area contributed by atoms with E-state index in [1.54, 1.807) is 17.0 Å². The Balaban J connectivity index is 1.10. The van der Waals surface area contributed by atoms with Crippen molar-refractivity contribution < 1.29 is 23.9 Å². The summed E-state index contributed by atoms with van der Waals surface area (Å²) >= 11 is 0. The van der Waals surface area contributed by atoms with Crippen LogP contribution in [-0.2, 0) is 20.8 Å². The summed E-state index contributed by atoms with van der Waals surface area (Å²) < 4.78 is 5.38. The number of piperidine rings is 1. The van der Waals surface area contributed by atoms with Crippen LogP contribution in [0.4, 0.5) is 16.2 Å². The fourth-order valence-corrected chi connectivity index (χ4v) is 5.25. The van der Waals surface area contributed by atoms with Gasteiger partial charge in [-0.25, -0.2) is 4.79 Å². The standard InChI is InChI=1S/C27H30N4O5/c1-17-22-15-20(14-19-6-5-11-31(23(19)22)26(17)34)29-25(33)24(32)28-16-18-9-12-30(13-10-18)27(35)36-21-7-3-2-4-8-21/h2-4,7-8,14-15,17-18H,5-6,9-13,16H2,1H3,(H,28,32)(H,29,33)/t17-/m1/s1. The maximum Gasteiger partial charge on any atom is 0.415 e. The number of anilines is 2. The number of likely N-dealkylation sites (tertiary alicyclic amines) is 1. The van der Waals surface area contributed by atoms with E-state index in [-0.39, 0.29) is 23.8 Å². The van der Waals surface area contributed by atoms with Gasteiger partial charge < -0.3 is 25.2 Å². The zero-order valence-corrected chi connectivity index (χ0v) is 20.3. The zero-order valence-electron chi connectivity index (χ0n) is 20.3. The molecule has 0 aromatic heterocycles. The molecule has 0 spiro atoms. The quantitative estimate of drug-likeness (QED) is 0.641. The molecule has 0 unspecified atom stereocenters. The molecule has 2 N–H and O–H groups in total. The smallest absolute Gasteiger partial charge is 0.410 e. The molecule has 9 heteroatoms. The molecule has 0 bridgehead atoms. The van der Waals surface area contributed by atoms with Gasteiger partial charge in [0.05, 0.1) is 11.6 Å². The average Bonchev–Trinajstić information content (AvgIpc) is 3.14. The van der Waals surface area contributed by atoms with E-state index in [9.17, 15) is 19.2 Å². The lowest BCUT2D eigenvalue weighted by Crippen LogP contribution is -2.44. The fraction of sp³-hybridized carbons (Fsp3) is 0.407. The molecule has 36 heavy (non-hydrogen) atoms. The SMILES string of the molecule is C[C@H]1C(=O)N2CCCc3cc(NC(=O)C(=O)NCC4CCN(C(=O)Oc5ccccc5)CC4)cc1c32. The highest BCUT2D eigenvalue weighted by atomic mass is 16.6. The second kappa shape index (κ2) is 10.0. The van der Waals surface area contributed by atoms with Crippen molar-refractivity contribution in [2.75, 3.05) is 36.4 Å². The first-order chi connectivity index (χ1) is 17.4. The summed E-state index contributed by atoms with van der Waals surface area (Å²) in [5.74, 6) is -0.903. The Labute approximate surface area is 209 Å². The molecule has 4 amide bonds. The van der Waals surface area contributed by atoms with Gasteiger partial charge in [0.15, 0.2) is 0 Å². The van der Waals surface area contributed by atoms with Crippen LogP contribution < -0.4 is 20.3 Å². The first-order valence-corrected chi connectivity index (χ1v) is 12.5. The number of aryl methyl sites for hydroxylation is 1. The average molecular weight is 491 g/mol. The number of nitrogens with zero attached hydrogens (tertiary/aromatic N) is 2. The van der Waals surface area contributed by atoms with E-state index < -0.39 is 11.8 Å². The van der Waals surface area contributed by atoms with Gasteiger partial charge in [-0.3, -0.25) is 14.4 Å². The van der Waals surface area contributed by atoms with E-state index in [1.807, 2.05) is 42.2 Å². The molecular weight excluding hydrogens is 460 g/mol. The molecule has 0 saturated carbocycles. The van der Waals surface area contributed by atoms with Gasteiger partial charge in [0, 0.05) is 31.9 Å². The molecule has 1 atom stereocenters. The van der Waals surface area contributed by atoms with E-state index in [1.165, 1.54) is 0 Å². The minimum Gasteiger partial charge on any atom is -0.410 e. The Morgan fingerprint density at radius 1 is 1.03 bits per heavy atom. The van der Waals surface area contributed by atoms with Crippen LogP contribution in [0, 0.1) is 5.92 Å². The minimum absolute atomic E-state index is 0.0894. The third-order valence-corrected chi connectivity index (χ3v) is 7.26. The number of carbonyl (C=O) groups excluding carboxylic acids is 4. The maximum atomic E-state index is 12.6. The number of hydrogen-bond acceptors (Lipinski definition) is 5. The van der Waals surface area contributed by atoms with Crippen LogP contribution in [0.2, 0.25) is 0 Å². The minimum atomic E-state index is -0.726. The second-order valence-corrected chi connectivity index (χ2v) is 9.66. The largest absolute Gasteiger partial charge is 0.415 e. The number of hydrogen-bond donors (Lipinski definition) is 2. The van der Waals surface area contributed by atoms with Crippen molar-refractivity contribution in [2.24, 2.45) is 5.92 Å². The van der Waals surface area contributed by atoms with Gasteiger partial charge in [-0.2, -0.15) is 0 Å². The molecule has 0 radical (unpaired) electrons. The Bertz CT molecular complexity index is 1190. The Morgan fingerprint density at radius 3 is 2.53 bits per heavy atom. The summed E-state index contributed by atoms with van der Waals surface area (Å²) in [6.45, 7) is 4.03. The van der Waals surface area contributed by atoms with Crippen molar-refractivity contribution >= 4 is 35.2 Å². The van der Waals surface area contributed by atoms with Gasteiger partial charge in [0.25, 0.3) is 0 Å². The Morgan fingerprint density at radius 2 is 1.78 bits per heavy atom. The summed E-state index contributed by atoms with van der Waals surface area (Å²) in [5, 5.41) is 5.43. The van der Waals surface area contributed by atoms with Crippen molar-refractivity contribution in [2.45, 2.75) is 38.5 Å². The van der Waals surface area contributed by atoms with Crippen molar-refractivity contribution in [3.05, 3.63) is 53.6 Å². The third-order valence-electron chi connectivity index (χ3n) is 7.26. The molecule has 5 rings (SSSR count). The number of nitrogens with one attached hydrogen (secondary N) is 2. The van der Waals surface area contributed by atoms with Gasteiger partial charge >= 0.3 is 17.9 Å². The van der Waals surface area contributed by atoms with E-state index in [0.29, 0.717) is 43.9 Å². The molecule has 0 aliphatic carbocycles. The number of amides is 4.